The Labute approximate surface area is 193 Å². The number of carbonyl (C=O) groups is 2. The lowest BCUT2D eigenvalue weighted by Crippen LogP contribution is -2.40. The van der Waals surface area contributed by atoms with Crippen molar-refractivity contribution in [1.82, 2.24) is 4.90 Å². The zero-order valence-corrected chi connectivity index (χ0v) is 19.6. The molecule has 0 aromatic heterocycles. The first-order chi connectivity index (χ1) is 15.2. The van der Waals surface area contributed by atoms with Gasteiger partial charge in [0.05, 0.1) is 16.2 Å². The van der Waals surface area contributed by atoms with E-state index >= 15 is 0 Å². The van der Waals surface area contributed by atoms with Crippen LogP contribution in [0.3, 0.4) is 0 Å². The second kappa shape index (κ2) is 8.35. The van der Waals surface area contributed by atoms with Crippen molar-refractivity contribution in [3.63, 3.8) is 0 Å². The highest BCUT2D eigenvalue weighted by atomic mass is 79.9. The Bertz CT molecular complexity index is 1300. The standard InChI is InChI=1S/C24H22BrN3O4/c1-4-5-9-27-23(29)16-8-6-7-15-21(16)17(24(27)30)12-20(28(31)32)22(15)26-19-11-14(3)13(2)10-18(19)25/h6-8,10-12,26H,4-5,9H2,1-3H3. The molecule has 3 aromatic rings. The molecule has 3 aromatic carbocycles. The van der Waals surface area contributed by atoms with Gasteiger partial charge in [-0.05, 0) is 65.5 Å². The number of halogens is 1. The van der Waals surface area contributed by atoms with E-state index in [1.165, 1.54) is 11.0 Å². The van der Waals surface area contributed by atoms with Crippen LogP contribution >= 0.6 is 15.9 Å². The maximum Gasteiger partial charge on any atom is 0.294 e. The van der Waals surface area contributed by atoms with Gasteiger partial charge in [-0.15, -0.1) is 0 Å². The van der Waals surface area contributed by atoms with Crippen molar-refractivity contribution in [2.75, 3.05) is 11.9 Å². The summed E-state index contributed by atoms with van der Waals surface area (Å²) >= 11 is 3.52. The Hall–Kier alpha value is -3.26. The predicted molar refractivity (Wildman–Crippen MR) is 128 cm³/mol. The Balaban J connectivity index is 1.96. The van der Waals surface area contributed by atoms with Crippen LogP contribution in [-0.4, -0.2) is 28.2 Å². The van der Waals surface area contributed by atoms with Crippen molar-refractivity contribution in [2.45, 2.75) is 33.6 Å². The number of aryl methyl sites for hydroxylation is 2. The molecule has 1 aliphatic heterocycles. The van der Waals surface area contributed by atoms with Crippen LogP contribution in [0, 0.1) is 24.0 Å². The zero-order chi connectivity index (χ0) is 23.2. The SMILES string of the molecule is CCCCN1C(=O)c2cccc3c(Nc4cc(C)c(C)cc4Br)c([N+](=O)[O-])cc(c23)C1=O. The van der Waals surface area contributed by atoms with Crippen LogP contribution < -0.4 is 5.32 Å². The summed E-state index contributed by atoms with van der Waals surface area (Å²) in [5.74, 6) is -0.858. The van der Waals surface area contributed by atoms with E-state index in [0.717, 1.165) is 22.0 Å². The summed E-state index contributed by atoms with van der Waals surface area (Å²) in [6, 6.07) is 10.2. The first-order valence-electron chi connectivity index (χ1n) is 10.4. The van der Waals surface area contributed by atoms with Gasteiger partial charge >= 0.3 is 0 Å². The highest BCUT2D eigenvalue weighted by Gasteiger charge is 2.35. The minimum absolute atomic E-state index is 0.183. The average Bonchev–Trinajstić information content (AvgIpc) is 2.76. The molecule has 0 unspecified atom stereocenters. The average molecular weight is 496 g/mol. The molecular weight excluding hydrogens is 474 g/mol. The molecule has 0 aliphatic carbocycles. The molecular formula is C24H22BrN3O4. The molecule has 1 heterocycles. The van der Waals surface area contributed by atoms with Gasteiger partial charge < -0.3 is 5.32 Å². The lowest BCUT2D eigenvalue weighted by Gasteiger charge is -2.28. The summed E-state index contributed by atoms with van der Waals surface area (Å²) in [7, 11) is 0. The van der Waals surface area contributed by atoms with Gasteiger partial charge in [-0.1, -0.05) is 25.5 Å². The molecule has 1 aliphatic rings. The highest BCUT2D eigenvalue weighted by molar-refractivity contribution is 9.10. The number of imide groups is 1. The monoisotopic (exact) mass is 495 g/mol. The molecule has 8 heteroatoms. The fourth-order valence-corrected chi connectivity index (χ4v) is 4.56. The quantitative estimate of drug-likeness (QED) is 0.247. The van der Waals surface area contributed by atoms with Crippen molar-refractivity contribution in [3.8, 4) is 0 Å². The molecule has 0 fully saturated rings. The van der Waals surface area contributed by atoms with Crippen LogP contribution in [0.15, 0.2) is 40.9 Å². The number of nitrogens with one attached hydrogen (secondary N) is 1. The van der Waals surface area contributed by atoms with Gasteiger partial charge in [-0.25, -0.2) is 0 Å². The smallest absolute Gasteiger partial charge is 0.294 e. The minimum atomic E-state index is -0.500. The van der Waals surface area contributed by atoms with E-state index < -0.39 is 10.8 Å². The molecule has 7 nitrogen and oxygen atoms in total. The van der Waals surface area contributed by atoms with Crippen LogP contribution in [0.5, 0.6) is 0 Å². The third-order valence-corrected chi connectivity index (χ3v) is 6.52. The van der Waals surface area contributed by atoms with Gasteiger partial charge in [-0.2, -0.15) is 0 Å². The maximum atomic E-state index is 13.2. The fraction of sp³-hybridized carbons (Fsp3) is 0.250. The second-order valence-electron chi connectivity index (χ2n) is 7.96. The molecule has 1 N–H and O–H groups in total. The Morgan fingerprint density at radius 3 is 2.44 bits per heavy atom. The molecule has 0 saturated carbocycles. The van der Waals surface area contributed by atoms with E-state index in [2.05, 4.69) is 21.2 Å². The minimum Gasteiger partial charge on any atom is -0.348 e. The van der Waals surface area contributed by atoms with Gasteiger partial charge in [0.25, 0.3) is 17.5 Å². The van der Waals surface area contributed by atoms with E-state index in [1.807, 2.05) is 32.9 Å². The molecule has 0 bridgehead atoms. The van der Waals surface area contributed by atoms with Crippen LogP contribution in [0.4, 0.5) is 17.1 Å². The summed E-state index contributed by atoms with van der Waals surface area (Å²) in [6.45, 7) is 6.20. The number of anilines is 2. The number of rotatable bonds is 6. The Morgan fingerprint density at radius 1 is 1.06 bits per heavy atom. The van der Waals surface area contributed by atoms with Crippen molar-refractivity contribution >= 4 is 55.6 Å². The summed E-state index contributed by atoms with van der Waals surface area (Å²) in [6.07, 6.45) is 1.49. The van der Waals surface area contributed by atoms with Gasteiger partial charge in [0.1, 0.15) is 5.69 Å². The topological polar surface area (TPSA) is 92.6 Å². The third-order valence-electron chi connectivity index (χ3n) is 5.87. The number of carbonyl (C=O) groups excluding carboxylic acids is 2. The van der Waals surface area contributed by atoms with E-state index in [9.17, 15) is 19.7 Å². The Morgan fingerprint density at radius 2 is 1.75 bits per heavy atom. The fourth-order valence-electron chi connectivity index (χ4n) is 4.01. The largest absolute Gasteiger partial charge is 0.348 e. The van der Waals surface area contributed by atoms with E-state index in [0.29, 0.717) is 28.4 Å². The van der Waals surface area contributed by atoms with Crippen molar-refractivity contribution in [3.05, 3.63) is 73.2 Å². The number of nitro benzene ring substituents is 1. The van der Waals surface area contributed by atoms with Gasteiger partial charge in [-0.3, -0.25) is 24.6 Å². The first kappa shape index (κ1) is 22.0. The molecule has 0 atom stereocenters. The molecule has 164 valence electrons. The van der Waals surface area contributed by atoms with Crippen LogP contribution in [0.2, 0.25) is 0 Å². The molecule has 4 rings (SSSR count). The van der Waals surface area contributed by atoms with Gasteiger partial charge in [0.15, 0.2) is 0 Å². The molecule has 0 radical (unpaired) electrons. The lowest BCUT2D eigenvalue weighted by molar-refractivity contribution is -0.383. The highest BCUT2D eigenvalue weighted by Crippen LogP contribution is 2.42. The van der Waals surface area contributed by atoms with Gasteiger partial charge in [0.2, 0.25) is 0 Å². The molecule has 0 spiro atoms. The number of hydrogen-bond donors (Lipinski definition) is 1. The van der Waals surface area contributed by atoms with Crippen molar-refractivity contribution in [2.24, 2.45) is 0 Å². The van der Waals surface area contributed by atoms with E-state index in [-0.39, 0.29) is 29.4 Å². The number of hydrogen-bond acceptors (Lipinski definition) is 5. The Kier molecular flexibility index (Phi) is 5.73. The molecule has 0 saturated heterocycles. The van der Waals surface area contributed by atoms with Crippen LogP contribution in [0.1, 0.15) is 51.6 Å². The normalized spacial score (nSPS) is 13.1. The first-order valence-corrected chi connectivity index (χ1v) is 11.2. The van der Waals surface area contributed by atoms with Gasteiger partial charge in [0, 0.05) is 33.4 Å². The van der Waals surface area contributed by atoms with E-state index in [1.54, 1.807) is 18.2 Å². The number of nitrogens with zero attached hydrogens (tertiary/aromatic N) is 2. The van der Waals surface area contributed by atoms with E-state index in [4.69, 9.17) is 0 Å². The third kappa shape index (κ3) is 3.54. The van der Waals surface area contributed by atoms with Crippen LogP contribution in [0.25, 0.3) is 10.8 Å². The number of amides is 2. The summed E-state index contributed by atoms with van der Waals surface area (Å²) in [5.41, 5.74) is 3.37. The van der Waals surface area contributed by atoms with Crippen molar-refractivity contribution in [1.29, 1.82) is 0 Å². The molecule has 32 heavy (non-hydrogen) atoms. The van der Waals surface area contributed by atoms with Crippen LogP contribution in [-0.2, 0) is 0 Å². The zero-order valence-electron chi connectivity index (χ0n) is 18.0. The number of unbranched alkanes of at least 4 members (excludes halogenated alkanes) is 1. The summed E-state index contributed by atoms with van der Waals surface area (Å²) in [5, 5.41) is 16.1. The lowest BCUT2D eigenvalue weighted by atomic mass is 9.92. The predicted octanol–water partition coefficient (Wildman–Crippen LogP) is 6.27. The number of nitro groups is 1. The summed E-state index contributed by atoms with van der Waals surface area (Å²) < 4.78 is 0.758. The molecule has 2 amide bonds. The summed E-state index contributed by atoms with van der Waals surface area (Å²) in [4.78, 5) is 39.0. The second-order valence-corrected chi connectivity index (χ2v) is 8.81. The van der Waals surface area contributed by atoms with Crippen molar-refractivity contribution < 1.29 is 14.5 Å². The number of benzene rings is 3. The maximum absolute atomic E-state index is 13.2.